The average molecular weight is 213 g/mol. The minimum Gasteiger partial charge on any atom is -0.393 e. The van der Waals surface area contributed by atoms with Crippen LogP contribution >= 0.6 is 0 Å². The topological polar surface area (TPSA) is 41.5 Å². The molecule has 0 bridgehead atoms. The lowest BCUT2D eigenvalue weighted by Gasteiger charge is -2.29. The van der Waals surface area contributed by atoms with E-state index in [4.69, 9.17) is 4.74 Å². The van der Waals surface area contributed by atoms with E-state index in [0.717, 1.165) is 32.1 Å². The monoisotopic (exact) mass is 213 g/mol. The number of hydrogen-bond acceptors (Lipinski definition) is 3. The van der Waals surface area contributed by atoms with Gasteiger partial charge in [0.15, 0.2) is 0 Å². The maximum Gasteiger partial charge on any atom is 0.0586 e. The fourth-order valence-electron chi connectivity index (χ4n) is 2.88. The van der Waals surface area contributed by atoms with Crippen molar-refractivity contribution >= 4 is 0 Å². The van der Waals surface area contributed by atoms with Crippen molar-refractivity contribution in [1.29, 1.82) is 0 Å². The number of aliphatic hydroxyl groups excluding tert-OH is 1. The summed E-state index contributed by atoms with van der Waals surface area (Å²) >= 11 is 0. The molecule has 3 nitrogen and oxygen atoms in total. The Labute approximate surface area is 92.2 Å². The molecule has 0 amide bonds. The number of hydrogen-bond donors (Lipinski definition) is 2. The minimum absolute atomic E-state index is 0.0432. The zero-order chi connectivity index (χ0) is 10.7. The van der Waals surface area contributed by atoms with Crippen LogP contribution in [0.25, 0.3) is 0 Å². The molecule has 88 valence electrons. The van der Waals surface area contributed by atoms with E-state index < -0.39 is 0 Å². The Kier molecular flexibility index (Phi) is 4.00. The van der Waals surface area contributed by atoms with Crippen LogP contribution in [-0.4, -0.2) is 36.5 Å². The second kappa shape index (κ2) is 5.28. The molecule has 0 aliphatic heterocycles. The van der Waals surface area contributed by atoms with Gasteiger partial charge in [-0.3, -0.25) is 0 Å². The summed E-state index contributed by atoms with van der Waals surface area (Å²) in [6.07, 6.45) is 8.24. The van der Waals surface area contributed by atoms with E-state index in [0.29, 0.717) is 18.2 Å². The van der Waals surface area contributed by atoms with Crippen molar-refractivity contribution in [3.63, 3.8) is 0 Å². The summed E-state index contributed by atoms with van der Waals surface area (Å²) in [7, 11) is 1.81. The molecule has 2 aliphatic rings. The molecule has 0 aromatic carbocycles. The lowest BCUT2D eigenvalue weighted by atomic mass is 9.92. The van der Waals surface area contributed by atoms with Crippen molar-refractivity contribution in [1.82, 2.24) is 5.32 Å². The number of nitrogens with one attached hydrogen (secondary N) is 1. The van der Waals surface area contributed by atoms with Crippen LogP contribution in [0.2, 0.25) is 0 Å². The van der Waals surface area contributed by atoms with Crippen molar-refractivity contribution in [2.75, 3.05) is 7.11 Å². The first-order chi connectivity index (χ1) is 7.28. The first-order valence-corrected chi connectivity index (χ1v) is 6.25. The summed E-state index contributed by atoms with van der Waals surface area (Å²) in [5.41, 5.74) is 0. The SMILES string of the molecule is COC1CCC(NC2CCC(O)CC2)C1. The molecule has 0 saturated heterocycles. The molecule has 2 atom stereocenters. The van der Waals surface area contributed by atoms with Crippen LogP contribution in [0.4, 0.5) is 0 Å². The second-order valence-electron chi connectivity index (χ2n) is 5.04. The number of methoxy groups -OCH3 is 1. The molecule has 2 saturated carbocycles. The van der Waals surface area contributed by atoms with Gasteiger partial charge in [-0.1, -0.05) is 0 Å². The van der Waals surface area contributed by atoms with Crippen LogP contribution in [0.5, 0.6) is 0 Å². The summed E-state index contributed by atoms with van der Waals surface area (Å²) in [6, 6.07) is 1.28. The Hall–Kier alpha value is -0.120. The molecule has 0 radical (unpaired) electrons. The summed E-state index contributed by atoms with van der Waals surface area (Å²) in [5, 5.41) is 13.1. The quantitative estimate of drug-likeness (QED) is 0.745. The fraction of sp³-hybridized carbons (Fsp3) is 1.00. The Balaban J connectivity index is 1.69. The predicted octanol–water partition coefficient (Wildman–Crippen LogP) is 1.45. The Morgan fingerprint density at radius 2 is 1.67 bits per heavy atom. The number of ether oxygens (including phenoxy) is 1. The highest BCUT2D eigenvalue weighted by atomic mass is 16.5. The first kappa shape index (κ1) is 11.4. The van der Waals surface area contributed by atoms with Gasteiger partial charge in [0.1, 0.15) is 0 Å². The molecule has 0 spiro atoms. The highest BCUT2D eigenvalue weighted by Gasteiger charge is 2.27. The van der Waals surface area contributed by atoms with Gasteiger partial charge in [0.05, 0.1) is 12.2 Å². The maximum atomic E-state index is 9.42. The Bertz CT molecular complexity index is 190. The lowest BCUT2D eigenvalue weighted by Crippen LogP contribution is -2.40. The molecule has 2 aliphatic carbocycles. The van der Waals surface area contributed by atoms with Gasteiger partial charge in [-0.05, 0) is 44.9 Å². The molecule has 2 rings (SSSR count). The van der Waals surface area contributed by atoms with Crippen molar-refractivity contribution in [3.8, 4) is 0 Å². The van der Waals surface area contributed by atoms with Crippen molar-refractivity contribution < 1.29 is 9.84 Å². The smallest absolute Gasteiger partial charge is 0.0586 e. The third kappa shape index (κ3) is 3.16. The van der Waals surface area contributed by atoms with Gasteiger partial charge in [0, 0.05) is 19.2 Å². The highest BCUT2D eigenvalue weighted by Crippen LogP contribution is 2.25. The number of aliphatic hydroxyl groups is 1. The third-order valence-electron chi connectivity index (χ3n) is 3.89. The summed E-state index contributed by atoms with van der Waals surface area (Å²) in [5.74, 6) is 0. The van der Waals surface area contributed by atoms with Crippen LogP contribution in [-0.2, 0) is 4.74 Å². The van der Waals surface area contributed by atoms with Gasteiger partial charge < -0.3 is 15.2 Å². The van der Waals surface area contributed by atoms with Crippen LogP contribution in [0.15, 0.2) is 0 Å². The van der Waals surface area contributed by atoms with Gasteiger partial charge >= 0.3 is 0 Å². The van der Waals surface area contributed by atoms with Crippen LogP contribution in [0.1, 0.15) is 44.9 Å². The summed E-state index contributed by atoms with van der Waals surface area (Å²) in [6.45, 7) is 0. The molecule has 2 N–H and O–H groups in total. The van der Waals surface area contributed by atoms with Crippen LogP contribution < -0.4 is 5.32 Å². The standard InChI is InChI=1S/C12H23NO2/c1-15-12-7-4-10(8-12)13-9-2-5-11(14)6-3-9/h9-14H,2-8H2,1H3. The molecular weight excluding hydrogens is 190 g/mol. The zero-order valence-electron chi connectivity index (χ0n) is 9.61. The molecule has 2 fully saturated rings. The lowest BCUT2D eigenvalue weighted by molar-refractivity contribution is 0.101. The predicted molar refractivity (Wildman–Crippen MR) is 59.8 cm³/mol. The molecule has 2 unspecified atom stereocenters. The van der Waals surface area contributed by atoms with E-state index in [9.17, 15) is 5.11 Å². The molecule has 0 aromatic rings. The highest BCUT2D eigenvalue weighted by molar-refractivity contribution is 4.86. The van der Waals surface area contributed by atoms with Crippen LogP contribution in [0.3, 0.4) is 0 Å². The van der Waals surface area contributed by atoms with Gasteiger partial charge in [-0.15, -0.1) is 0 Å². The molecular formula is C12H23NO2. The van der Waals surface area contributed by atoms with Crippen molar-refractivity contribution in [2.24, 2.45) is 0 Å². The van der Waals surface area contributed by atoms with Crippen molar-refractivity contribution in [3.05, 3.63) is 0 Å². The molecule has 0 aromatic heterocycles. The van der Waals surface area contributed by atoms with Crippen molar-refractivity contribution in [2.45, 2.75) is 69.2 Å². The summed E-state index contributed by atoms with van der Waals surface area (Å²) < 4.78 is 5.37. The third-order valence-corrected chi connectivity index (χ3v) is 3.89. The van der Waals surface area contributed by atoms with E-state index in [2.05, 4.69) is 5.32 Å². The van der Waals surface area contributed by atoms with Gasteiger partial charge in [0.2, 0.25) is 0 Å². The normalized spacial score (nSPS) is 42.0. The van der Waals surface area contributed by atoms with E-state index in [-0.39, 0.29) is 6.10 Å². The van der Waals surface area contributed by atoms with Gasteiger partial charge in [0.25, 0.3) is 0 Å². The second-order valence-corrected chi connectivity index (χ2v) is 5.04. The first-order valence-electron chi connectivity index (χ1n) is 6.25. The van der Waals surface area contributed by atoms with E-state index in [1.54, 1.807) is 0 Å². The fourth-order valence-corrected chi connectivity index (χ4v) is 2.88. The number of rotatable bonds is 3. The van der Waals surface area contributed by atoms with E-state index in [1.807, 2.05) is 7.11 Å². The summed E-state index contributed by atoms with van der Waals surface area (Å²) in [4.78, 5) is 0. The van der Waals surface area contributed by atoms with E-state index in [1.165, 1.54) is 12.8 Å². The molecule has 0 heterocycles. The Morgan fingerprint density at radius 3 is 2.27 bits per heavy atom. The average Bonchev–Trinajstić information content (AvgIpc) is 2.69. The van der Waals surface area contributed by atoms with E-state index >= 15 is 0 Å². The molecule has 15 heavy (non-hydrogen) atoms. The zero-order valence-corrected chi connectivity index (χ0v) is 9.61. The van der Waals surface area contributed by atoms with Crippen LogP contribution in [0, 0.1) is 0 Å². The Morgan fingerprint density at radius 1 is 1.00 bits per heavy atom. The largest absolute Gasteiger partial charge is 0.393 e. The maximum absolute atomic E-state index is 9.42. The molecule has 3 heteroatoms. The van der Waals surface area contributed by atoms with Gasteiger partial charge in [-0.2, -0.15) is 0 Å². The minimum atomic E-state index is -0.0432. The van der Waals surface area contributed by atoms with Gasteiger partial charge in [-0.25, -0.2) is 0 Å².